The van der Waals surface area contributed by atoms with Crippen molar-refractivity contribution in [2.24, 2.45) is 16.5 Å². The fourth-order valence-electron chi connectivity index (χ4n) is 5.17. The van der Waals surface area contributed by atoms with E-state index >= 15 is 0 Å². The number of nitrogens with one attached hydrogen (secondary N) is 2. The fraction of sp³-hybridized carbons (Fsp3) is 0.385. The van der Waals surface area contributed by atoms with Crippen molar-refractivity contribution >= 4 is 28.6 Å². The summed E-state index contributed by atoms with van der Waals surface area (Å²) in [6.45, 7) is 2.03. The number of nitrogens with zero attached hydrogens (tertiary/aromatic N) is 3. The molecule has 1 fully saturated rings. The molecule has 1 amide bonds. The van der Waals surface area contributed by atoms with E-state index in [1.165, 1.54) is 11.1 Å². The highest BCUT2D eigenvalue weighted by Gasteiger charge is 2.28. The minimum atomic E-state index is -0.257. The minimum absolute atomic E-state index is 0.0251. The number of carbonyl (C=O) groups is 1. The number of carbonyl (C=O) groups excluding carboxylic acids is 1. The van der Waals surface area contributed by atoms with Crippen LogP contribution in [0.3, 0.4) is 0 Å². The lowest BCUT2D eigenvalue weighted by atomic mass is 9.90. The van der Waals surface area contributed by atoms with Crippen LogP contribution in [0.1, 0.15) is 53.0 Å². The molecule has 0 aliphatic heterocycles. The number of guanidine groups is 1. The molecule has 8 nitrogen and oxygen atoms in total. The van der Waals surface area contributed by atoms with Crippen LogP contribution in [0.2, 0.25) is 0 Å². The molecule has 0 saturated heterocycles. The lowest BCUT2D eigenvalue weighted by Gasteiger charge is -2.30. The molecule has 2 aromatic carbocycles. The van der Waals surface area contributed by atoms with Crippen LogP contribution in [-0.4, -0.2) is 40.0 Å². The second-order valence-electron chi connectivity index (χ2n) is 9.42. The zero-order valence-electron chi connectivity index (χ0n) is 19.4. The number of rotatable bonds is 5. The van der Waals surface area contributed by atoms with Gasteiger partial charge >= 0.3 is 0 Å². The van der Waals surface area contributed by atoms with Crippen LogP contribution in [0, 0.1) is 6.92 Å². The van der Waals surface area contributed by atoms with Crippen molar-refractivity contribution < 1.29 is 4.79 Å². The third-order valence-electron chi connectivity index (χ3n) is 6.81. The van der Waals surface area contributed by atoms with Crippen LogP contribution >= 0.6 is 0 Å². The maximum Gasteiger partial charge on any atom is 0.289 e. The van der Waals surface area contributed by atoms with E-state index in [1.807, 2.05) is 37.3 Å². The van der Waals surface area contributed by atoms with Crippen molar-refractivity contribution in [2.45, 2.75) is 63.6 Å². The van der Waals surface area contributed by atoms with Gasteiger partial charge < -0.3 is 22.1 Å². The van der Waals surface area contributed by atoms with Gasteiger partial charge in [0.1, 0.15) is 5.82 Å². The molecular formula is C26H31N7O. The maximum atomic E-state index is 13.2. The monoisotopic (exact) mass is 457 g/mol. The molecule has 34 heavy (non-hydrogen) atoms. The Morgan fingerprint density at radius 1 is 1.03 bits per heavy atom. The SMILES string of the molecule is Cc1ccc2nc(C(=O)NC3Cc4ccccc4C3)nc(N[C@H]3CCCC[C@H]3N=C(N)N)c2c1. The van der Waals surface area contributed by atoms with Crippen LogP contribution < -0.4 is 22.1 Å². The molecule has 1 saturated carbocycles. The van der Waals surface area contributed by atoms with Gasteiger partial charge in [0.2, 0.25) is 5.82 Å². The van der Waals surface area contributed by atoms with E-state index in [0.717, 1.165) is 55.0 Å². The van der Waals surface area contributed by atoms with Gasteiger partial charge in [0, 0.05) is 11.4 Å². The smallest absolute Gasteiger partial charge is 0.289 e. The predicted octanol–water partition coefficient (Wildman–Crippen LogP) is 2.83. The lowest BCUT2D eigenvalue weighted by molar-refractivity contribution is 0.0928. The predicted molar refractivity (Wildman–Crippen MR) is 135 cm³/mol. The molecule has 176 valence electrons. The normalized spacial score (nSPS) is 20.0. The number of aliphatic imine (C=N–C) groups is 1. The number of aromatic nitrogens is 2. The molecule has 3 aromatic rings. The maximum absolute atomic E-state index is 13.2. The molecule has 2 aliphatic carbocycles. The quantitative estimate of drug-likeness (QED) is 0.344. The summed E-state index contributed by atoms with van der Waals surface area (Å²) >= 11 is 0. The van der Waals surface area contributed by atoms with Crippen LogP contribution in [0.4, 0.5) is 5.82 Å². The molecular weight excluding hydrogens is 426 g/mol. The minimum Gasteiger partial charge on any atom is -0.370 e. The summed E-state index contributed by atoms with van der Waals surface area (Å²) in [5, 5.41) is 7.59. The number of nitrogens with two attached hydrogens (primary N) is 2. The highest BCUT2D eigenvalue weighted by molar-refractivity contribution is 5.97. The molecule has 0 unspecified atom stereocenters. The molecule has 0 spiro atoms. The topological polar surface area (TPSA) is 131 Å². The number of hydrogen-bond acceptors (Lipinski definition) is 5. The summed E-state index contributed by atoms with van der Waals surface area (Å²) in [5.74, 6) is 0.660. The van der Waals surface area contributed by atoms with Gasteiger partial charge in [-0.1, -0.05) is 48.7 Å². The van der Waals surface area contributed by atoms with E-state index in [-0.39, 0.29) is 35.8 Å². The molecule has 8 heteroatoms. The molecule has 2 atom stereocenters. The Balaban J connectivity index is 1.43. The Hall–Kier alpha value is -3.68. The lowest BCUT2D eigenvalue weighted by Crippen LogP contribution is -2.39. The molecule has 2 aliphatic rings. The summed E-state index contributed by atoms with van der Waals surface area (Å²) in [7, 11) is 0. The number of benzene rings is 2. The van der Waals surface area contributed by atoms with Crippen molar-refractivity contribution in [1.29, 1.82) is 0 Å². The second kappa shape index (κ2) is 9.29. The molecule has 1 aromatic heterocycles. The Kier molecular flexibility index (Phi) is 6.04. The van der Waals surface area contributed by atoms with E-state index < -0.39 is 0 Å². The summed E-state index contributed by atoms with van der Waals surface area (Å²) in [6, 6.07) is 14.4. The van der Waals surface area contributed by atoms with Gasteiger partial charge in [-0.3, -0.25) is 4.79 Å². The first kappa shape index (κ1) is 22.1. The van der Waals surface area contributed by atoms with Crippen LogP contribution in [0.15, 0.2) is 47.5 Å². The summed E-state index contributed by atoms with van der Waals surface area (Å²) < 4.78 is 0. The molecule has 1 heterocycles. The number of anilines is 1. The number of aryl methyl sites for hydroxylation is 1. The van der Waals surface area contributed by atoms with Crippen molar-refractivity contribution in [3.8, 4) is 0 Å². The van der Waals surface area contributed by atoms with Crippen molar-refractivity contribution in [3.05, 3.63) is 65.0 Å². The van der Waals surface area contributed by atoms with Crippen molar-refractivity contribution in [1.82, 2.24) is 15.3 Å². The van der Waals surface area contributed by atoms with Gasteiger partial charge in [-0.05, 0) is 55.9 Å². The van der Waals surface area contributed by atoms with E-state index in [9.17, 15) is 4.79 Å². The Morgan fingerprint density at radius 2 is 1.76 bits per heavy atom. The summed E-state index contributed by atoms with van der Waals surface area (Å²) in [5.41, 5.74) is 15.8. The van der Waals surface area contributed by atoms with Crippen LogP contribution in [0.5, 0.6) is 0 Å². The van der Waals surface area contributed by atoms with Gasteiger partial charge in [-0.25, -0.2) is 15.0 Å². The van der Waals surface area contributed by atoms with E-state index in [1.54, 1.807) is 0 Å². The standard InChI is InChI=1S/C26H31N7O/c1-15-10-11-20-19(12-15)23(31-21-8-4-5-9-22(21)32-26(27)28)33-24(30-20)25(34)29-18-13-16-6-2-3-7-17(16)14-18/h2-3,6-7,10-12,18,21-22H,4-5,8-9,13-14H2,1H3,(H,29,34)(H4,27,28,32)(H,30,31,33)/t21-,22+/m0/s1. The van der Waals surface area contributed by atoms with Gasteiger partial charge in [0.25, 0.3) is 5.91 Å². The molecule has 0 radical (unpaired) electrons. The van der Waals surface area contributed by atoms with E-state index in [4.69, 9.17) is 16.5 Å². The van der Waals surface area contributed by atoms with Gasteiger partial charge in [-0.2, -0.15) is 0 Å². The third-order valence-corrected chi connectivity index (χ3v) is 6.81. The number of hydrogen-bond donors (Lipinski definition) is 4. The summed E-state index contributed by atoms with van der Waals surface area (Å²) in [6.07, 6.45) is 5.66. The van der Waals surface area contributed by atoms with Crippen molar-refractivity contribution in [3.63, 3.8) is 0 Å². The van der Waals surface area contributed by atoms with Gasteiger partial charge in [0.15, 0.2) is 5.96 Å². The third kappa shape index (κ3) is 4.66. The average Bonchev–Trinajstić information content (AvgIpc) is 3.22. The first-order valence-corrected chi connectivity index (χ1v) is 12.0. The van der Waals surface area contributed by atoms with E-state index in [2.05, 4.69) is 32.7 Å². The average molecular weight is 458 g/mol. The highest BCUT2D eigenvalue weighted by Crippen LogP contribution is 2.28. The Morgan fingerprint density at radius 3 is 2.50 bits per heavy atom. The number of amides is 1. The van der Waals surface area contributed by atoms with Gasteiger partial charge in [-0.15, -0.1) is 0 Å². The Labute approximate surface area is 199 Å². The van der Waals surface area contributed by atoms with E-state index in [0.29, 0.717) is 5.82 Å². The molecule has 5 rings (SSSR count). The summed E-state index contributed by atoms with van der Waals surface area (Å²) in [4.78, 5) is 26.9. The molecule has 6 N–H and O–H groups in total. The molecule has 0 bridgehead atoms. The zero-order chi connectivity index (χ0) is 23.7. The fourth-order valence-corrected chi connectivity index (χ4v) is 5.17. The van der Waals surface area contributed by atoms with Crippen LogP contribution in [0.25, 0.3) is 10.9 Å². The number of fused-ring (bicyclic) bond motifs is 2. The van der Waals surface area contributed by atoms with Crippen LogP contribution in [-0.2, 0) is 12.8 Å². The first-order valence-electron chi connectivity index (χ1n) is 12.0. The largest absolute Gasteiger partial charge is 0.370 e. The van der Waals surface area contributed by atoms with Gasteiger partial charge in [0.05, 0.1) is 17.6 Å². The first-order chi connectivity index (χ1) is 16.5. The zero-order valence-corrected chi connectivity index (χ0v) is 19.4. The Bertz CT molecular complexity index is 1230. The second-order valence-corrected chi connectivity index (χ2v) is 9.42. The van der Waals surface area contributed by atoms with Crippen molar-refractivity contribution in [2.75, 3.05) is 5.32 Å². The highest BCUT2D eigenvalue weighted by atomic mass is 16.2.